The van der Waals surface area contributed by atoms with E-state index in [2.05, 4.69) is 11.1 Å². The molecule has 1 N–H and O–H groups in total. The lowest BCUT2D eigenvalue weighted by Gasteiger charge is -2.35. The zero-order valence-electron chi connectivity index (χ0n) is 8.44. The van der Waals surface area contributed by atoms with E-state index in [1.54, 1.807) is 11.3 Å². The Morgan fingerprint density at radius 2 is 2.13 bits per heavy atom. The van der Waals surface area contributed by atoms with Crippen LogP contribution in [0.3, 0.4) is 0 Å². The number of aromatic nitrogens is 1. The smallest absolute Gasteiger partial charge is 0.0967 e. The molecule has 78 valence electrons. The van der Waals surface area contributed by atoms with Crippen molar-refractivity contribution in [3.8, 4) is 0 Å². The van der Waals surface area contributed by atoms with E-state index in [-0.39, 0.29) is 0 Å². The van der Waals surface area contributed by atoms with E-state index in [4.69, 9.17) is 0 Å². The number of benzene rings is 1. The molecular formula is C12H13NOS. The molecule has 1 heterocycles. The fourth-order valence-corrected chi connectivity index (χ4v) is 3.14. The Kier molecular flexibility index (Phi) is 2.04. The molecule has 3 rings (SSSR count). The molecule has 0 spiro atoms. The summed E-state index contributed by atoms with van der Waals surface area (Å²) in [4.78, 5) is 4.54. The number of hydrogen-bond donors (Lipinski definition) is 1. The van der Waals surface area contributed by atoms with Gasteiger partial charge in [0.1, 0.15) is 0 Å². The monoisotopic (exact) mass is 219 g/mol. The summed E-state index contributed by atoms with van der Waals surface area (Å²) in [5.41, 5.74) is 0.605. The SMILES string of the molecule is OC1(Cc2nc3ccccc3s2)CCC1. The third-order valence-electron chi connectivity index (χ3n) is 3.10. The van der Waals surface area contributed by atoms with Crippen LogP contribution in [0, 0.1) is 0 Å². The molecule has 0 bridgehead atoms. The van der Waals surface area contributed by atoms with Crippen LogP contribution in [0.5, 0.6) is 0 Å². The fraction of sp³-hybridized carbons (Fsp3) is 0.417. The van der Waals surface area contributed by atoms with Crippen LogP contribution < -0.4 is 0 Å². The fourth-order valence-electron chi connectivity index (χ4n) is 2.04. The maximum atomic E-state index is 10.1. The van der Waals surface area contributed by atoms with Gasteiger partial charge in [0.05, 0.1) is 20.8 Å². The van der Waals surface area contributed by atoms with Gasteiger partial charge in [-0.05, 0) is 31.4 Å². The number of thiazole rings is 1. The van der Waals surface area contributed by atoms with Crippen molar-refractivity contribution < 1.29 is 5.11 Å². The van der Waals surface area contributed by atoms with Crippen molar-refractivity contribution in [2.24, 2.45) is 0 Å². The summed E-state index contributed by atoms with van der Waals surface area (Å²) in [5, 5.41) is 11.1. The first kappa shape index (κ1) is 9.31. The lowest BCUT2D eigenvalue weighted by Crippen LogP contribution is -2.38. The first-order valence-electron chi connectivity index (χ1n) is 5.32. The van der Waals surface area contributed by atoms with Crippen molar-refractivity contribution in [3.05, 3.63) is 29.3 Å². The van der Waals surface area contributed by atoms with Gasteiger partial charge in [-0.25, -0.2) is 4.98 Å². The van der Waals surface area contributed by atoms with E-state index in [0.29, 0.717) is 0 Å². The molecule has 0 unspecified atom stereocenters. The largest absolute Gasteiger partial charge is 0.389 e. The molecule has 0 amide bonds. The maximum Gasteiger partial charge on any atom is 0.0967 e. The molecule has 2 aromatic rings. The van der Waals surface area contributed by atoms with Crippen molar-refractivity contribution >= 4 is 21.6 Å². The second-order valence-corrected chi connectivity index (χ2v) is 5.45. The van der Waals surface area contributed by atoms with Gasteiger partial charge in [0.2, 0.25) is 0 Å². The number of hydrogen-bond acceptors (Lipinski definition) is 3. The van der Waals surface area contributed by atoms with E-state index in [9.17, 15) is 5.11 Å². The Morgan fingerprint density at radius 3 is 2.80 bits per heavy atom. The third-order valence-corrected chi connectivity index (χ3v) is 4.14. The van der Waals surface area contributed by atoms with Gasteiger partial charge in [0, 0.05) is 6.42 Å². The minimum absolute atomic E-state index is 0.451. The van der Waals surface area contributed by atoms with E-state index < -0.39 is 5.60 Å². The molecule has 0 atom stereocenters. The molecule has 2 nitrogen and oxygen atoms in total. The lowest BCUT2D eigenvalue weighted by atomic mass is 9.78. The number of fused-ring (bicyclic) bond motifs is 1. The van der Waals surface area contributed by atoms with Gasteiger partial charge < -0.3 is 5.11 Å². The van der Waals surface area contributed by atoms with Crippen molar-refractivity contribution in [1.29, 1.82) is 0 Å². The molecule has 1 aliphatic rings. The highest BCUT2D eigenvalue weighted by atomic mass is 32.1. The Balaban J connectivity index is 1.91. The van der Waals surface area contributed by atoms with E-state index in [1.807, 2.05) is 18.2 Å². The molecule has 15 heavy (non-hydrogen) atoms. The zero-order valence-corrected chi connectivity index (χ0v) is 9.26. The molecule has 1 fully saturated rings. The second-order valence-electron chi connectivity index (χ2n) is 4.33. The van der Waals surface area contributed by atoms with Crippen LogP contribution in [-0.2, 0) is 6.42 Å². The third kappa shape index (κ3) is 1.66. The number of para-hydroxylation sites is 1. The van der Waals surface area contributed by atoms with Crippen molar-refractivity contribution in [1.82, 2.24) is 4.98 Å². The predicted molar refractivity (Wildman–Crippen MR) is 62.1 cm³/mol. The van der Waals surface area contributed by atoms with Crippen LogP contribution in [0.25, 0.3) is 10.2 Å². The van der Waals surface area contributed by atoms with E-state index >= 15 is 0 Å². The molecule has 0 radical (unpaired) electrons. The average molecular weight is 219 g/mol. The number of aliphatic hydroxyl groups is 1. The Labute approximate surface area is 92.6 Å². The highest BCUT2D eigenvalue weighted by Crippen LogP contribution is 2.36. The molecule has 1 aromatic heterocycles. The summed E-state index contributed by atoms with van der Waals surface area (Å²) in [7, 11) is 0. The average Bonchev–Trinajstić information content (AvgIpc) is 2.57. The maximum absolute atomic E-state index is 10.1. The van der Waals surface area contributed by atoms with Gasteiger partial charge in [0.25, 0.3) is 0 Å². The first-order valence-corrected chi connectivity index (χ1v) is 6.14. The Morgan fingerprint density at radius 1 is 1.33 bits per heavy atom. The number of nitrogens with zero attached hydrogens (tertiary/aromatic N) is 1. The Bertz CT molecular complexity index is 454. The van der Waals surface area contributed by atoms with Gasteiger partial charge in [-0.1, -0.05) is 12.1 Å². The van der Waals surface area contributed by atoms with Gasteiger partial charge in [0.15, 0.2) is 0 Å². The summed E-state index contributed by atoms with van der Waals surface area (Å²) >= 11 is 1.70. The van der Waals surface area contributed by atoms with Crippen molar-refractivity contribution in [2.45, 2.75) is 31.3 Å². The summed E-state index contributed by atoms with van der Waals surface area (Å²) < 4.78 is 1.22. The minimum Gasteiger partial charge on any atom is -0.389 e. The molecule has 3 heteroatoms. The summed E-state index contributed by atoms with van der Waals surface area (Å²) in [6, 6.07) is 8.15. The minimum atomic E-state index is -0.451. The summed E-state index contributed by atoms with van der Waals surface area (Å²) in [6.07, 6.45) is 3.75. The van der Waals surface area contributed by atoms with Gasteiger partial charge in [-0.2, -0.15) is 0 Å². The van der Waals surface area contributed by atoms with Crippen LogP contribution in [0.1, 0.15) is 24.3 Å². The van der Waals surface area contributed by atoms with E-state index in [0.717, 1.165) is 36.2 Å². The Hall–Kier alpha value is -0.930. The van der Waals surface area contributed by atoms with E-state index in [1.165, 1.54) is 4.70 Å². The van der Waals surface area contributed by atoms with Gasteiger partial charge in [-0.3, -0.25) is 0 Å². The summed E-state index contributed by atoms with van der Waals surface area (Å²) in [5.74, 6) is 0. The molecule has 0 aliphatic heterocycles. The molecular weight excluding hydrogens is 206 g/mol. The van der Waals surface area contributed by atoms with Crippen LogP contribution in [0.15, 0.2) is 24.3 Å². The molecule has 1 aromatic carbocycles. The van der Waals surface area contributed by atoms with Crippen LogP contribution in [-0.4, -0.2) is 15.7 Å². The number of rotatable bonds is 2. The summed E-state index contributed by atoms with van der Waals surface area (Å²) in [6.45, 7) is 0. The zero-order chi connectivity index (χ0) is 10.3. The molecule has 1 saturated carbocycles. The topological polar surface area (TPSA) is 33.1 Å². The van der Waals surface area contributed by atoms with Crippen molar-refractivity contribution in [3.63, 3.8) is 0 Å². The highest BCUT2D eigenvalue weighted by molar-refractivity contribution is 7.18. The standard InChI is InChI=1S/C12H13NOS/c14-12(6-3-7-12)8-11-13-9-4-1-2-5-10(9)15-11/h1-2,4-5,14H,3,6-8H2. The lowest BCUT2D eigenvalue weighted by molar-refractivity contribution is -0.0322. The van der Waals surface area contributed by atoms with Crippen LogP contribution in [0.2, 0.25) is 0 Å². The first-order chi connectivity index (χ1) is 7.25. The van der Waals surface area contributed by atoms with Crippen molar-refractivity contribution in [2.75, 3.05) is 0 Å². The van der Waals surface area contributed by atoms with Gasteiger partial charge in [-0.15, -0.1) is 11.3 Å². The second kappa shape index (κ2) is 3.29. The van der Waals surface area contributed by atoms with Crippen LogP contribution >= 0.6 is 11.3 Å². The predicted octanol–water partition coefficient (Wildman–Crippen LogP) is 2.75. The van der Waals surface area contributed by atoms with Gasteiger partial charge >= 0.3 is 0 Å². The van der Waals surface area contributed by atoms with Crippen LogP contribution in [0.4, 0.5) is 0 Å². The molecule has 1 aliphatic carbocycles. The normalized spacial score (nSPS) is 19.0. The molecule has 0 saturated heterocycles. The quantitative estimate of drug-likeness (QED) is 0.842. The highest BCUT2D eigenvalue weighted by Gasteiger charge is 2.35.